The van der Waals surface area contributed by atoms with Crippen LogP contribution in [0.2, 0.25) is 0 Å². The van der Waals surface area contributed by atoms with Crippen LogP contribution in [0.25, 0.3) is 0 Å². The number of thioether (sulfide) groups is 1. The van der Waals surface area contributed by atoms with E-state index in [1.165, 1.54) is 18.7 Å². The predicted octanol–water partition coefficient (Wildman–Crippen LogP) is 0.329. The number of carboxylic acid groups (broad SMARTS) is 1. The smallest absolute Gasteiger partial charge is 0.352 e. The quantitative estimate of drug-likeness (QED) is 0.125. The molecule has 0 bridgehead atoms. The SMILES string of the molecule is CC(=O)OCC1=C(C(=O)O)N2C(=O)[C@@H](NC(=O)C(=NOC(CN)C3CC3)c3csc(N)n3)[C@H]2SC1.Cl.Cl. The van der Waals surface area contributed by atoms with Gasteiger partial charge >= 0.3 is 11.9 Å². The number of oxime groups is 1. The molecular formula is C20H26Cl2N6O7S2. The highest BCUT2D eigenvalue weighted by atomic mass is 35.5. The number of anilines is 1. The Hall–Kier alpha value is -2.59. The molecule has 0 spiro atoms. The average molecular weight is 598 g/mol. The van der Waals surface area contributed by atoms with Gasteiger partial charge < -0.3 is 31.5 Å². The number of amides is 2. The molecule has 1 aromatic rings. The molecule has 0 aromatic carbocycles. The summed E-state index contributed by atoms with van der Waals surface area (Å²) in [4.78, 5) is 59.7. The van der Waals surface area contributed by atoms with Crippen LogP contribution in [0.15, 0.2) is 21.8 Å². The van der Waals surface area contributed by atoms with Gasteiger partial charge in [0.05, 0.1) is 0 Å². The van der Waals surface area contributed by atoms with Crippen molar-refractivity contribution >= 4 is 82.5 Å². The van der Waals surface area contributed by atoms with Crippen molar-refractivity contribution in [2.45, 2.75) is 37.3 Å². The van der Waals surface area contributed by atoms with E-state index in [0.29, 0.717) is 5.57 Å². The molecule has 3 heterocycles. The summed E-state index contributed by atoms with van der Waals surface area (Å²) in [7, 11) is 0. The van der Waals surface area contributed by atoms with Gasteiger partial charge in [-0.25, -0.2) is 9.78 Å². The number of hydrogen-bond acceptors (Lipinski definition) is 12. The van der Waals surface area contributed by atoms with Crippen molar-refractivity contribution in [3.63, 3.8) is 0 Å². The standard InChI is InChI=1S/C20H24N6O7S2.2ClH/c1-8(27)32-5-10-6-34-18-14(17(29)26(18)15(10)19(30)31)24-16(28)13(11-7-35-20(22)23-11)25-33-12(4-21)9-2-3-9;;/h7,9,12,14,18H,2-6,21H2,1H3,(H2,22,23)(H,24,28)(H,30,31);2*1H/t12?,14-,18-;;/m1../s1. The molecule has 1 aromatic heterocycles. The zero-order chi connectivity index (χ0) is 25.3. The summed E-state index contributed by atoms with van der Waals surface area (Å²) in [6.45, 7) is 1.20. The summed E-state index contributed by atoms with van der Waals surface area (Å²) < 4.78 is 4.92. The highest BCUT2D eigenvalue weighted by Crippen LogP contribution is 2.40. The number of carboxylic acids is 1. The average Bonchev–Trinajstić information content (AvgIpc) is 3.57. The number of nitrogens with zero attached hydrogens (tertiary/aromatic N) is 3. The molecule has 17 heteroatoms. The van der Waals surface area contributed by atoms with Crippen molar-refractivity contribution in [3.05, 3.63) is 22.3 Å². The number of thiazole rings is 1. The minimum Gasteiger partial charge on any atom is -0.477 e. The van der Waals surface area contributed by atoms with E-state index >= 15 is 0 Å². The minimum absolute atomic E-state index is 0. The van der Waals surface area contributed by atoms with Crippen molar-refractivity contribution in [2.75, 3.05) is 24.6 Å². The summed E-state index contributed by atoms with van der Waals surface area (Å²) in [6.07, 6.45) is 1.59. The Bertz CT molecular complexity index is 1130. The van der Waals surface area contributed by atoms with Crippen LogP contribution in [-0.4, -0.2) is 80.9 Å². The Balaban J connectivity index is 0.00000241. The first-order valence-corrected chi connectivity index (χ1v) is 12.6. The van der Waals surface area contributed by atoms with Crippen LogP contribution < -0.4 is 16.8 Å². The van der Waals surface area contributed by atoms with Gasteiger partial charge in [0.2, 0.25) is 0 Å². The number of halogens is 2. The maximum Gasteiger partial charge on any atom is 0.352 e. The predicted molar refractivity (Wildman–Crippen MR) is 141 cm³/mol. The monoisotopic (exact) mass is 596 g/mol. The third kappa shape index (κ3) is 6.65. The molecule has 13 nitrogen and oxygen atoms in total. The van der Waals surface area contributed by atoms with Gasteiger partial charge in [0.15, 0.2) is 10.8 Å². The molecule has 2 fully saturated rings. The first-order valence-electron chi connectivity index (χ1n) is 10.7. The number of esters is 1. The summed E-state index contributed by atoms with van der Waals surface area (Å²) in [5.74, 6) is -2.73. The second kappa shape index (κ2) is 12.8. The summed E-state index contributed by atoms with van der Waals surface area (Å²) in [5.41, 5.74) is 11.5. The van der Waals surface area contributed by atoms with Gasteiger partial charge in [-0.3, -0.25) is 19.3 Å². The fourth-order valence-electron chi connectivity index (χ4n) is 3.70. The van der Waals surface area contributed by atoms with Crippen LogP contribution in [0.1, 0.15) is 25.5 Å². The number of nitrogens with one attached hydrogen (secondary N) is 1. The van der Waals surface area contributed by atoms with Crippen LogP contribution in [0, 0.1) is 5.92 Å². The molecule has 0 radical (unpaired) electrons. The lowest BCUT2D eigenvalue weighted by molar-refractivity contribution is -0.150. The number of β-lactam (4-membered cyclic amide) rings is 1. The number of fused-ring (bicyclic) bond motifs is 1. The Morgan fingerprint density at radius 1 is 1.35 bits per heavy atom. The molecule has 2 amide bonds. The van der Waals surface area contributed by atoms with Crippen molar-refractivity contribution in [3.8, 4) is 0 Å². The highest BCUT2D eigenvalue weighted by molar-refractivity contribution is 8.00. The molecule has 4 rings (SSSR count). The molecule has 1 saturated heterocycles. The van der Waals surface area contributed by atoms with Crippen LogP contribution >= 0.6 is 47.9 Å². The van der Waals surface area contributed by atoms with E-state index in [0.717, 1.165) is 29.1 Å². The number of carbonyl (C=O) groups is 4. The van der Waals surface area contributed by atoms with E-state index in [1.54, 1.807) is 5.38 Å². The number of nitrogens with two attached hydrogens (primary N) is 2. The zero-order valence-electron chi connectivity index (χ0n) is 19.4. The Labute approximate surface area is 232 Å². The van der Waals surface area contributed by atoms with Gasteiger partial charge in [-0.05, 0) is 18.8 Å². The van der Waals surface area contributed by atoms with Crippen molar-refractivity contribution < 1.29 is 33.9 Å². The largest absolute Gasteiger partial charge is 0.477 e. The molecule has 1 unspecified atom stereocenters. The Morgan fingerprint density at radius 3 is 2.59 bits per heavy atom. The highest BCUT2D eigenvalue weighted by Gasteiger charge is 2.54. The Kier molecular flexibility index (Phi) is 10.6. The van der Waals surface area contributed by atoms with Crippen molar-refractivity contribution in [1.29, 1.82) is 0 Å². The van der Waals surface area contributed by atoms with Gasteiger partial charge in [0, 0.05) is 30.2 Å². The normalized spacial score (nSPS) is 21.5. The van der Waals surface area contributed by atoms with E-state index < -0.39 is 35.2 Å². The third-order valence-electron chi connectivity index (χ3n) is 5.63. The van der Waals surface area contributed by atoms with Crippen LogP contribution in [0.3, 0.4) is 0 Å². The van der Waals surface area contributed by atoms with Crippen LogP contribution in [0.5, 0.6) is 0 Å². The second-order valence-corrected chi connectivity index (χ2v) is 10.1. The summed E-state index contributed by atoms with van der Waals surface area (Å²) in [5, 5.41) is 17.4. The topological polar surface area (TPSA) is 200 Å². The molecule has 3 atom stereocenters. The van der Waals surface area contributed by atoms with Gasteiger partial charge in [0.25, 0.3) is 11.8 Å². The molecule has 2 aliphatic heterocycles. The van der Waals surface area contributed by atoms with E-state index in [2.05, 4.69) is 15.5 Å². The maximum absolute atomic E-state index is 13.1. The molecule has 37 heavy (non-hydrogen) atoms. The third-order valence-corrected chi connectivity index (χ3v) is 7.64. The van der Waals surface area contributed by atoms with E-state index in [-0.39, 0.29) is 78.0 Å². The number of nitrogen functional groups attached to an aromatic ring is 1. The molecule has 1 aliphatic carbocycles. The van der Waals surface area contributed by atoms with Gasteiger partial charge in [-0.2, -0.15) is 0 Å². The molecular weight excluding hydrogens is 571 g/mol. The number of aliphatic carboxylic acids is 1. The first-order chi connectivity index (χ1) is 16.7. The Morgan fingerprint density at radius 2 is 2.05 bits per heavy atom. The number of hydrogen-bond donors (Lipinski definition) is 4. The first kappa shape index (κ1) is 30.6. The lowest BCUT2D eigenvalue weighted by Gasteiger charge is -2.49. The van der Waals surface area contributed by atoms with Crippen LogP contribution in [0.4, 0.5) is 5.13 Å². The number of ether oxygens (including phenoxy) is 1. The van der Waals surface area contributed by atoms with E-state index in [4.69, 9.17) is 21.0 Å². The molecule has 204 valence electrons. The maximum atomic E-state index is 13.1. The fraction of sp³-hybridized carbons (Fsp3) is 0.500. The number of rotatable bonds is 10. The zero-order valence-corrected chi connectivity index (χ0v) is 22.7. The number of carbonyl (C=O) groups excluding carboxylic acids is 3. The van der Waals surface area contributed by atoms with Gasteiger partial charge in [0.1, 0.15) is 35.5 Å². The van der Waals surface area contributed by atoms with Crippen LogP contribution in [-0.2, 0) is 28.8 Å². The van der Waals surface area contributed by atoms with Crippen molar-refractivity contribution in [1.82, 2.24) is 15.2 Å². The number of aromatic nitrogens is 1. The second-order valence-electron chi connectivity index (χ2n) is 8.13. The van der Waals surface area contributed by atoms with Crippen molar-refractivity contribution in [2.24, 2.45) is 16.8 Å². The van der Waals surface area contributed by atoms with Gasteiger partial charge in [-0.15, -0.1) is 47.9 Å². The molecule has 3 aliphatic rings. The summed E-state index contributed by atoms with van der Waals surface area (Å²) >= 11 is 2.37. The fourth-order valence-corrected chi connectivity index (χ4v) is 5.58. The van der Waals surface area contributed by atoms with Gasteiger partial charge in [-0.1, -0.05) is 5.16 Å². The minimum atomic E-state index is -1.32. The van der Waals surface area contributed by atoms with E-state index in [9.17, 15) is 24.3 Å². The molecule has 1 saturated carbocycles. The summed E-state index contributed by atoms with van der Waals surface area (Å²) in [6, 6.07) is -0.993. The lowest BCUT2D eigenvalue weighted by Crippen LogP contribution is -2.71. The van der Waals surface area contributed by atoms with E-state index in [1.807, 2.05) is 0 Å². The molecule has 6 N–H and O–H groups in total. The lowest BCUT2D eigenvalue weighted by atomic mass is 10.0.